The molecule has 0 aromatic carbocycles. The fraction of sp³-hybridized carbons (Fsp3) is 0.833. The molecule has 19 heavy (non-hydrogen) atoms. The lowest BCUT2D eigenvalue weighted by molar-refractivity contribution is -0.154. The summed E-state index contributed by atoms with van der Waals surface area (Å²) in [6.07, 6.45) is 0.861. The summed E-state index contributed by atoms with van der Waals surface area (Å²) in [5.74, 6) is -1.08. The zero-order valence-corrected chi connectivity index (χ0v) is 11.2. The van der Waals surface area contributed by atoms with Gasteiger partial charge in [-0.1, -0.05) is 0 Å². The number of hydrogen-bond donors (Lipinski definition) is 3. The molecule has 0 saturated carbocycles. The summed E-state index contributed by atoms with van der Waals surface area (Å²) in [5, 5.41) is 14.9. The van der Waals surface area contributed by atoms with E-state index in [2.05, 4.69) is 10.6 Å². The van der Waals surface area contributed by atoms with Crippen LogP contribution in [0.1, 0.15) is 12.8 Å². The second kappa shape index (κ2) is 8.08. The van der Waals surface area contributed by atoms with E-state index in [9.17, 15) is 14.7 Å². The Morgan fingerprint density at radius 2 is 2.05 bits per heavy atom. The number of methoxy groups -OCH3 is 1. The summed E-state index contributed by atoms with van der Waals surface area (Å²) < 4.78 is 10.0. The average molecular weight is 274 g/mol. The molecule has 1 fully saturated rings. The highest BCUT2D eigenvalue weighted by Crippen LogP contribution is 2.29. The van der Waals surface area contributed by atoms with Crippen molar-refractivity contribution in [1.29, 1.82) is 0 Å². The van der Waals surface area contributed by atoms with E-state index in [4.69, 9.17) is 9.47 Å². The number of carboxylic acids is 1. The number of hydrogen-bond acceptors (Lipinski definition) is 5. The molecule has 0 aromatic heterocycles. The van der Waals surface area contributed by atoms with Gasteiger partial charge in [0.1, 0.15) is 0 Å². The molecule has 0 spiro atoms. The minimum absolute atomic E-state index is 0.149. The normalized spacial score (nSPS) is 17.9. The lowest BCUT2D eigenvalue weighted by Crippen LogP contribution is -2.48. The maximum absolute atomic E-state index is 11.6. The molecule has 1 amide bonds. The predicted octanol–water partition coefficient (Wildman–Crippen LogP) is -0.780. The summed E-state index contributed by atoms with van der Waals surface area (Å²) in [7, 11) is 1.59. The minimum atomic E-state index is -0.888. The number of aliphatic carboxylic acids is 1. The first-order valence-corrected chi connectivity index (χ1v) is 6.38. The molecular weight excluding hydrogens is 252 g/mol. The van der Waals surface area contributed by atoms with Crippen LogP contribution in [-0.2, 0) is 19.1 Å². The number of amides is 1. The molecule has 110 valence electrons. The van der Waals surface area contributed by atoms with E-state index < -0.39 is 11.4 Å². The lowest BCUT2D eigenvalue weighted by Gasteiger charge is -2.33. The Balaban J connectivity index is 2.31. The second-order valence-electron chi connectivity index (χ2n) is 4.64. The van der Waals surface area contributed by atoms with E-state index in [0.717, 1.165) is 0 Å². The van der Waals surface area contributed by atoms with Crippen LogP contribution in [0, 0.1) is 5.41 Å². The van der Waals surface area contributed by atoms with E-state index in [1.165, 1.54) is 0 Å². The van der Waals surface area contributed by atoms with Crippen LogP contribution in [-0.4, -0.2) is 63.5 Å². The Labute approximate surface area is 112 Å². The number of carbonyl (C=O) groups is 2. The zero-order chi connectivity index (χ0) is 14.1. The van der Waals surface area contributed by atoms with Gasteiger partial charge in [0, 0.05) is 33.4 Å². The fourth-order valence-electron chi connectivity index (χ4n) is 1.93. The van der Waals surface area contributed by atoms with Crippen molar-refractivity contribution in [3.05, 3.63) is 0 Å². The van der Waals surface area contributed by atoms with Gasteiger partial charge in [-0.2, -0.15) is 0 Å². The summed E-state index contributed by atoms with van der Waals surface area (Å²) in [4.78, 5) is 22.9. The molecule has 1 aliphatic rings. The van der Waals surface area contributed by atoms with Crippen LogP contribution in [0.4, 0.5) is 0 Å². The number of carboxylic acid groups (broad SMARTS) is 1. The van der Waals surface area contributed by atoms with Crippen LogP contribution in [0.3, 0.4) is 0 Å². The molecule has 1 aliphatic heterocycles. The van der Waals surface area contributed by atoms with Gasteiger partial charge in [-0.15, -0.1) is 0 Å². The van der Waals surface area contributed by atoms with Crippen LogP contribution in [0.25, 0.3) is 0 Å². The zero-order valence-electron chi connectivity index (χ0n) is 11.2. The summed E-state index contributed by atoms with van der Waals surface area (Å²) in [5.41, 5.74) is -0.888. The standard InChI is InChI=1S/C12H22N2O5/c1-18-7-4-13-8-10(15)14-9-12(11(16)17)2-5-19-6-3-12/h13H,2-9H2,1H3,(H,14,15)(H,16,17). The first-order valence-electron chi connectivity index (χ1n) is 6.38. The van der Waals surface area contributed by atoms with Gasteiger partial charge in [0.15, 0.2) is 0 Å². The minimum Gasteiger partial charge on any atom is -0.481 e. The third-order valence-electron chi connectivity index (χ3n) is 3.30. The Kier molecular flexibility index (Phi) is 6.75. The largest absolute Gasteiger partial charge is 0.481 e. The number of ether oxygens (including phenoxy) is 2. The highest BCUT2D eigenvalue weighted by Gasteiger charge is 2.40. The van der Waals surface area contributed by atoms with Crippen LogP contribution in [0.2, 0.25) is 0 Å². The van der Waals surface area contributed by atoms with Crippen LogP contribution in [0.5, 0.6) is 0 Å². The number of carbonyl (C=O) groups excluding carboxylic acids is 1. The van der Waals surface area contributed by atoms with Crippen LogP contribution < -0.4 is 10.6 Å². The Bertz CT molecular complexity index is 302. The van der Waals surface area contributed by atoms with Gasteiger partial charge in [-0.05, 0) is 12.8 Å². The SMILES string of the molecule is COCCNCC(=O)NCC1(C(=O)O)CCOCC1. The van der Waals surface area contributed by atoms with Crippen molar-refractivity contribution in [2.45, 2.75) is 12.8 Å². The average Bonchev–Trinajstić information content (AvgIpc) is 2.42. The lowest BCUT2D eigenvalue weighted by atomic mass is 9.80. The van der Waals surface area contributed by atoms with Gasteiger partial charge < -0.3 is 25.2 Å². The molecular formula is C12H22N2O5. The van der Waals surface area contributed by atoms with Gasteiger partial charge >= 0.3 is 5.97 Å². The van der Waals surface area contributed by atoms with E-state index in [1.54, 1.807) is 7.11 Å². The number of nitrogens with one attached hydrogen (secondary N) is 2. The van der Waals surface area contributed by atoms with Crippen LogP contribution >= 0.6 is 0 Å². The molecule has 7 heteroatoms. The molecule has 3 N–H and O–H groups in total. The second-order valence-corrected chi connectivity index (χ2v) is 4.64. The van der Waals surface area contributed by atoms with Crippen molar-refractivity contribution >= 4 is 11.9 Å². The molecule has 0 aliphatic carbocycles. The molecule has 7 nitrogen and oxygen atoms in total. The van der Waals surface area contributed by atoms with Gasteiger partial charge in [0.25, 0.3) is 0 Å². The molecule has 0 unspecified atom stereocenters. The summed E-state index contributed by atoms with van der Waals surface area (Å²) in [6, 6.07) is 0. The Morgan fingerprint density at radius 3 is 2.63 bits per heavy atom. The highest BCUT2D eigenvalue weighted by atomic mass is 16.5. The molecule has 0 radical (unpaired) electrons. The highest BCUT2D eigenvalue weighted by molar-refractivity contribution is 5.80. The van der Waals surface area contributed by atoms with E-state index >= 15 is 0 Å². The Morgan fingerprint density at radius 1 is 1.37 bits per heavy atom. The molecule has 0 atom stereocenters. The van der Waals surface area contributed by atoms with E-state index in [1.807, 2.05) is 0 Å². The summed E-state index contributed by atoms with van der Waals surface area (Å²) >= 11 is 0. The monoisotopic (exact) mass is 274 g/mol. The van der Waals surface area contributed by atoms with E-state index in [0.29, 0.717) is 39.2 Å². The van der Waals surface area contributed by atoms with Crippen molar-refractivity contribution in [1.82, 2.24) is 10.6 Å². The fourth-order valence-corrected chi connectivity index (χ4v) is 1.93. The third-order valence-corrected chi connectivity index (χ3v) is 3.30. The van der Waals surface area contributed by atoms with Gasteiger partial charge in [0.2, 0.25) is 5.91 Å². The first kappa shape index (κ1) is 15.9. The quantitative estimate of drug-likeness (QED) is 0.502. The van der Waals surface area contributed by atoms with E-state index in [-0.39, 0.29) is 19.0 Å². The van der Waals surface area contributed by atoms with Gasteiger partial charge in [0.05, 0.1) is 18.6 Å². The van der Waals surface area contributed by atoms with Crippen molar-refractivity contribution in [2.75, 3.05) is 46.6 Å². The third kappa shape index (κ3) is 5.14. The molecule has 0 aromatic rings. The number of rotatable bonds is 8. The van der Waals surface area contributed by atoms with Gasteiger partial charge in [-0.25, -0.2) is 0 Å². The van der Waals surface area contributed by atoms with Crippen molar-refractivity contribution < 1.29 is 24.2 Å². The Hall–Kier alpha value is -1.18. The van der Waals surface area contributed by atoms with Crippen molar-refractivity contribution in [2.24, 2.45) is 5.41 Å². The van der Waals surface area contributed by atoms with Gasteiger partial charge in [-0.3, -0.25) is 9.59 Å². The maximum Gasteiger partial charge on any atom is 0.311 e. The molecule has 1 saturated heterocycles. The predicted molar refractivity (Wildman–Crippen MR) is 67.9 cm³/mol. The molecule has 1 heterocycles. The molecule has 1 rings (SSSR count). The first-order chi connectivity index (χ1) is 9.10. The smallest absolute Gasteiger partial charge is 0.311 e. The summed E-state index contributed by atoms with van der Waals surface area (Å²) in [6.45, 7) is 2.28. The van der Waals surface area contributed by atoms with Crippen molar-refractivity contribution in [3.63, 3.8) is 0 Å². The topological polar surface area (TPSA) is 96.9 Å². The molecule has 0 bridgehead atoms. The maximum atomic E-state index is 11.6. The van der Waals surface area contributed by atoms with Crippen LogP contribution in [0.15, 0.2) is 0 Å². The van der Waals surface area contributed by atoms with Crippen molar-refractivity contribution in [3.8, 4) is 0 Å².